The van der Waals surface area contributed by atoms with Crippen LogP contribution in [0.2, 0.25) is 15.1 Å². The summed E-state index contributed by atoms with van der Waals surface area (Å²) >= 11 is 18.0. The van der Waals surface area contributed by atoms with Gasteiger partial charge in [0.2, 0.25) is 5.91 Å². The van der Waals surface area contributed by atoms with Crippen molar-refractivity contribution in [3.8, 4) is 0 Å². The number of benzene rings is 1. The highest BCUT2D eigenvalue weighted by Crippen LogP contribution is 2.33. The van der Waals surface area contributed by atoms with E-state index < -0.39 is 0 Å². The Morgan fingerprint density at radius 3 is 2.24 bits per heavy atom. The van der Waals surface area contributed by atoms with Gasteiger partial charge in [-0.25, -0.2) is 0 Å². The normalized spacial score (nSPS) is 23.1. The molecule has 1 aromatic rings. The van der Waals surface area contributed by atoms with Crippen molar-refractivity contribution in [1.29, 1.82) is 0 Å². The molecule has 0 radical (unpaired) electrons. The molecule has 1 aliphatic rings. The van der Waals surface area contributed by atoms with Crippen LogP contribution in [-0.4, -0.2) is 30.4 Å². The highest BCUT2D eigenvalue weighted by Gasteiger charge is 2.23. The van der Waals surface area contributed by atoms with Crippen molar-refractivity contribution in [1.82, 2.24) is 4.90 Å². The molecule has 0 spiro atoms. The predicted octanol–water partition coefficient (Wildman–Crippen LogP) is 4.56. The van der Waals surface area contributed by atoms with E-state index in [4.69, 9.17) is 34.8 Å². The van der Waals surface area contributed by atoms with Crippen molar-refractivity contribution in [3.63, 3.8) is 0 Å². The molecule has 2 atom stereocenters. The average Bonchev–Trinajstić information content (AvgIpc) is 2.32. The second kappa shape index (κ2) is 7.19. The molecule has 21 heavy (non-hydrogen) atoms. The molecule has 1 saturated heterocycles. The molecular formula is C15H19Cl3N2O. The Labute approximate surface area is 140 Å². The first-order valence-electron chi connectivity index (χ1n) is 7.02. The summed E-state index contributed by atoms with van der Waals surface area (Å²) in [4.78, 5) is 14.4. The van der Waals surface area contributed by atoms with E-state index in [1.165, 1.54) is 6.42 Å². The lowest BCUT2D eigenvalue weighted by Gasteiger charge is -2.34. The van der Waals surface area contributed by atoms with Crippen LogP contribution in [0.1, 0.15) is 20.3 Å². The lowest BCUT2D eigenvalue weighted by atomic mass is 9.92. The minimum atomic E-state index is -0.109. The molecule has 2 rings (SSSR count). The topological polar surface area (TPSA) is 32.3 Å². The third-order valence-corrected chi connectivity index (χ3v) is 4.40. The Bertz CT molecular complexity index is 503. The molecule has 1 aliphatic heterocycles. The Balaban J connectivity index is 1.99. The number of amides is 1. The smallest absolute Gasteiger partial charge is 0.238 e. The summed E-state index contributed by atoms with van der Waals surface area (Å²) in [6, 6.07) is 3.13. The van der Waals surface area contributed by atoms with E-state index in [9.17, 15) is 4.79 Å². The fraction of sp³-hybridized carbons (Fsp3) is 0.533. The van der Waals surface area contributed by atoms with Crippen molar-refractivity contribution < 1.29 is 4.79 Å². The number of nitrogens with zero attached hydrogens (tertiary/aromatic N) is 1. The summed E-state index contributed by atoms with van der Waals surface area (Å²) in [5.74, 6) is 1.12. The SMILES string of the molecule is CC1CC(C)CN(CC(=O)Nc2c(Cl)cc(Cl)cc2Cl)C1. The van der Waals surface area contributed by atoms with Crippen LogP contribution in [0.4, 0.5) is 5.69 Å². The van der Waals surface area contributed by atoms with E-state index in [0.717, 1.165) is 13.1 Å². The van der Waals surface area contributed by atoms with Crippen molar-refractivity contribution in [2.45, 2.75) is 20.3 Å². The summed E-state index contributed by atoms with van der Waals surface area (Å²) in [5.41, 5.74) is 0.422. The molecule has 1 aromatic carbocycles. The summed E-state index contributed by atoms with van der Waals surface area (Å²) in [6.07, 6.45) is 1.22. The van der Waals surface area contributed by atoms with Gasteiger partial charge in [-0.05, 0) is 30.4 Å². The number of likely N-dealkylation sites (tertiary alicyclic amines) is 1. The molecular weight excluding hydrogens is 331 g/mol. The molecule has 116 valence electrons. The molecule has 1 heterocycles. The maximum absolute atomic E-state index is 12.2. The van der Waals surface area contributed by atoms with Crippen LogP contribution in [0.5, 0.6) is 0 Å². The predicted molar refractivity (Wildman–Crippen MR) is 89.5 cm³/mol. The first-order chi connectivity index (χ1) is 9.85. The Kier molecular flexibility index (Phi) is 5.78. The Hall–Kier alpha value is -0.480. The number of halogens is 3. The quantitative estimate of drug-likeness (QED) is 0.867. The van der Waals surface area contributed by atoms with Crippen molar-refractivity contribution >= 4 is 46.4 Å². The summed E-state index contributed by atoms with van der Waals surface area (Å²) in [5, 5.41) is 3.92. The van der Waals surface area contributed by atoms with Crippen molar-refractivity contribution in [3.05, 3.63) is 27.2 Å². The van der Waals surface area contributed by atoms with Crippen LogP contribution in [-0.2, 0) is 4.79 Å². The fourth-order valence-electron chi connectivity index (χ4n) is 2.96. The van der Waals surface area contributed by atoms with Crippen molar-refractivity contribution in [2.24, 2.45) is 11.8 Å². The van der Waals surface area contributed by atoms with Gasteiger partial charge in [-0.1, -0.05) is 48.7 Å². The van der Waals surface area contributed by atoms with Gasteiger partial charge < -0.3 is 5.32 Å². The van der Waals surface area contributed by atoms with E-state index in [2.05, 4.69) is 24.1 Å². The first kappa shape index (κ1) is 16.9. The van der Waals surface area contributed by atoms with Gasteiger partial charge in [0.25, 0.3) is 0 Å². The molecule has 3 nitrogen and oxygen atoms in total. The lowest BCUT2D eigenvalue weighted by molar-refractivity contribution is -0.117. The number of nitrogens with one attached hydrogen (secondary N) is 1. The number of hydrogen-bond acceptors (Lipinski definition) is 2. The molecule has 2 unspecified atom stereocenters. The maximum Gasteiger partial charge on any atom is 0.238 e. The van der Waals surface area contributed by atoms with Gasteiger partial charge >= 0.3 is 0 Å². The second-order valence-electron chi connectivity index (χ2n) is 5.93. The minimum absolute atomic E-state index is 0.109. The van der Waals surface area contributed by atoms with Gasteiger partial charge in [0.1, 0.15) is 0 Å². The fourth-order valence-corrected chi connectivity index (χ4v) is 3.88. The number of anilines is 1. The van der Waals surface area contributed by atoms with E-state index in [-0.39, 0.29) is 5.91 Å². The zero-order valence-electron chi connectivity index (χ0n) is 12.1. The van der Waals surface area contributed by atoms with Crippen LogP contribution >= 0.6 is 34.8 Å². The van der Waals surface area contributed by atoms with Crippen LogP contribution in [0, 0.1) is 11.8 Å². The third kappa shape index (κ3) is 4.75. The van der Waals surface area contributed by atoms with Crippen LogP contribution < -0.4 is 5.32 Å². The molecule has 0 saturated carbocycles. The average molecular weight is 350 g/mol. The third-order valence-electron chi connectivity index (χ3n) is 3.58. The van der Waals surface area contributed by atoms with E-state index >= 15 is 0 Å². The van der Waals surface area contributed by atoms with E-state index in [1.807, 2.05) is 0 Å². The number of rotatable bonds is 3. The molecule has 6 heteroatoms. The van der Waals surface area contributed by atoms with Gasteiger partial charge in [0.15, 0.2) is 0 Å². The summed E-state index contributed by atoms with van der Waals surface area (Å²) in [7, 11) is 0. The summed E-state index contributed by atoms with van der Waals surface area (Å²) < 4.78 is 0. The molecule has 1 amide bonds. The highest BCUT2D eigenvalue weighted by molar-refractivity contribution is 6.42. The molecule has 0 aliphatic carbocycles. The lowest BCUT2D eigenvalue weighted by Crippen LogP contribution is -2.42. The van der Waals surface area contributed by atoms with E-state index in [1.54, 1.807) is 12.1 Å². The highest BCUT2D eigenvalue weighted by atomic mass is 35.5. The molecule has 0 aromatic heterocycles. The monoisotopic (exact) mass is 348 g/mol. The zero-order valence-corrected chi connectivity index (χ0v) is 14.4. The van der Waals surface area contributed by atoms with Crippen LogP contribution in [0.15, 0.2) is 12.1 Å². The second-order valence-corrected chi connectivity index (χ2v) is 7.18. The largest absolute Gasteiger partial charge is 0.322 e. The van der Waals surface area contributed by atoms with Gasteiger partial charge in [-0.15, -0.1) is 0 Å². The number of carbonyl (C=O) groups excluding carboxylic acids is 1. The Morgan fingerprint density at radius 2 is 1.71 bits per heavy atom. The number of hydrogen-bond donors (Lipinski definition) is 1. The van der Waals surface area contributed by atoms with Gasteiger partial charge in [0.05, 0.1) is 22.3 Å². The standard InChI is InChI=1S/C15H19Cl3N2O/c1-9-3-10(2)7-20(6-9)8-14(21)19-15-12(17)4-11(16)5-13(15)18/h4-5,9-10H,3,6-8H2,1-2H3,(H,19,21). The van der Waals surface area contributed by atoms with Gasteiger partial charge in [0, 0.05) is 18.1 Å². The zero-order chi connectivity index (χ0) is 15.6. The number of piperidine rings is 1. The van der Waals surface area contributed by atoms with E-state index in [0.29, 0.717) is 39.1 Å². The van der Waals surface area contributed by atoms with Crippen LogP contribution in [0.3, 0.4) is 0 Å². The maximum atomic E-state index is 12.2. The van der Waals surface area contributed by atoms with Crippen molar-refractivity contribution in [2.75, 3.05) is 25.0 Å². The number of carbonyl (C=O) groups is 1. The molecule has 0 bridgehead atoms. The first-order valence-corrected chi connectivity index (χ1v) is 8.15. The minimum Gasteiger partial charge on any atom is -0.322 e. The van der Waals surface area contributed by atoms with Crippen LogP contribution in [0.25, 0.3) is 0 Å². The summed E-state index contributed by atoms with van der Waals surface area (Å²) in [6.45, 7) is 6.67. The molecule has 1 N–H and O–H groups in total. The molecule has 1 fully saturated rings. The van der Waals surface area contributed by atoms with Gasteiger partial charge in [-0.3, -0.25) is 9.69 Å². The Morgan fingerprint density at radius 1 is 1.19 bits per heavy atom. The van der Waals surface area contributed by atoms with Gasteiger partial charge in [-0.2, -0.15) is 0 Å².